The topological polar surface area (TPSA) is 39.7 Å². The molecule has 24 heavy (non-hydrogen) atoms. The van der Waals surface area contributed by atoms with Crippen molar-refractivity contribution in [3.63, 3.8) is 0 Å². The van der Waals surface area contributed by atoms with Gasteiger partial charge in [0.25, 0.3) is 0 Å². The summed E-state index contributed by atoms with van der Waals surface area (Å²) in [5.41, 5.74) is 2.68. The minimum atomic E-state index is 0. The van der Waals surface area contributed by atoms with Crippen LogP contribution in [0.5, 0.6) is 0 Å². The first-order valence-corrected chi connectivity index (χ1v) is 8.59. The molecule has 0 radical (unpaired) electrons. The fraction of sp³-hybridized carbons (Fsp3) is 0.632. The number of hydrogen-bond donors (Lipinski definition) is 2. The minimum Gasteiger partial charge on any atom is -0.354 e. The molecule has 0 aliphatic heterocycles. The van der Waals surface area contributed by atoms with Crippen LogP contribution in [0, 0.1) is 5.92 Å². The molecule has 138 valence electrons. The molecule has 0 spiro atoms. The van der Waals surface area contributed by atoms with Gasteiger partial charge in [-0.15, -0.1) is 24.0 Å². The first-order valence-electron chi connectivity index (χ1n) is 8.59. The van der Waals surface area contributed by atoms with Gasteiger partial charge in [-0.3, -0.25) is 9.89 Å². The second-order valence-electron chi connectivity index (χ2n) is 6.88. The van der Waals surface area contributed by atoms with Crippen LogP contribution in [-0.2, 0) is 13.1 Å². The Kier molecular flexibility index (Phi) is 11.3. The summed E-state index contributed by atoms with van der Waals surface area (Å²) in [6.45, 7) is 12.8. The highest BCUT2D eigenvalue weighted by Gasteiger charge is 2.11. The molecular formula is C19H35IN4. The lowest BCUT2D eigenvalue weighted by atomic mass is 10.1. The maximum Gasteiger partial charge on any atom is 0.191 e. The van der Waals surface area contributed by atoms with E-state index in [0.717, 1.165) is 19.0 Å². The van der Waals surface area contributed by atoms with Gasteiger partial charge in [-0.2, -0.15) is 0 Å². The summed E-state index contributed by atoms with van der Waals surface area (Å²) in [6.07, 6.45) is 0. The Morgan fingerprint density at radius 1 is 1.08 bits per heavy atom. The number of benzene rings is 1. The number of rotatable bonds is 7. The van der Waals surface area contributed by atoms with Crippen LogP contribution in [0.1, 0.15) is 45.7 Å². The highest BCUT2D eigenvalue weighted by molar-refractivity contribution is 14.0. The fourth-order valence-corrected chi connectivity index (χ4v) is 2.09. The van der Waals surface area contributed by atoms with E-state index < -0.39 is 0 Å². The standard InChI is InChI=1S/C19H34N4.HI/c1-14(2)16(5)22-19(20-6)21-12-17-10-8-9-11-18(17)13-23(7)15(3)4;/h8-11,14-16H,12-13H2,1-7H3,(H2,20,21,22);1H. The normalized spacial score (nSPS) is 13.2. The number of hydrogen-bond acceptors (Lipinski definition) is 2. The average Bonchev–Trinajstić information content (AvgIpc) is 2.52. The van der Waals surface area contributed by atoms with Gasteiger partial charge in [-0.1, -0.05) is 38.1 Å². The molecule has 0 bridgehead atoms. The van der Waals surface area contributed by atoms with Crippen LogP contribution in [0.2, 0.25) is 0 Å². The van der Waals surface area contributed by atoms with Gasteiger partial charge in [0.05, 0.1) is 0 Å². The SMILES string of the molecule is CN=C(NCc1ccccc1CN(C)C(C)C)NC(C)C(C)C.I. The lowest BCUT2D eigenvalue weighted by Gasteiger charge is -2.24. The van der Waals surface area contributed by atoms with Crippen molar-refractivity contribution in [2.24, 2.45) is 10.9 Å². The summed E-state index contributed by atoms with van der Waals surface area (Å²) >= 11 is 0. The van der Waals surface area contributed by atoms with Crippen molar-refractivity contribution in [3.8, 4) is 0 Å². The molecule has 0 amide bonds. The third kappa shape index (κ3) is 7.83. The quantitative estimate of drug-likeness (QED) is 0.380. The van der Waals surface area contributed by atoms with Crippen molar-refractivity contribution >= 4 is 29.9 Å². The van der Waals surface area contributed by atoms with Crippen LogP contribution >= 0.6 is 24.0 Å². The largest absolute Gasteiger partial charge is 0.354 e. The molecule has 0 heterocycles. The van der Waals surface area contributed by atoms with E-state index in [1.807, 2.05) is 7.05 Å². The van der Waals surface area contributed by atoms with Gasteiger partial charge in [0, 0.05) is 32.2 Å². The van der Waals surface area contributed by atoms with Crippen molar-refractivity contribution in [1.82, 2.24) is 15.5 Å². The second kappa shape index (κ2) is 11.7. The highest BCUT2D eigenvalue weighted by atomic mass is 127. The van der Waals surface area contributed by atoms with Crippen LogP contribution in [0.3, 0.4) is 0 Å². The first kappa shape index (κ1) is 23.2. The van der Waals surface area contributed by atoms with Gasteiger partial charge in [-0.05, 0) is 44.9 Å². The van der Waals surface area contributed by atoms with Gasteiger partial charge in [-0.25, -0.2) is 0 Å². The molecule has 1 rings (SSSR count). The predicted molar refractivity (Wildman–Crippen MR) is 116 cm³/mol. The van der Waals surface area contributed by atoms with E-state index >= 15 is 0 Å². The summed E-state index contributed by atoms with van der Waals surface area (Å²) < 4.78 is 0. The number of guanidine groups is 1. The number of aliphatic imine (C=N–C) groups is 1. The van der Waals surface area contributed by atoms with Gasteiger partial charge in [0.15, 0.2) is 5.96 Å². The van der Waals surface area contributed by atoms with E-state index in [0.29, 0.717) is 18.0 Å². The fourth-order valence-electron chi connectivity index (χ4n) is 2.09. The molecule has 5 heteroatoms. The van der Waals surface area contributed by atoms with E-state index in [2.05, 4.69) is 86.5 Å². The monoisotopic (exact) mass is 446 g/mol. The van der Waals surface area contributed by atoms with E-state index in [4.69, 9.17) is 0 Å². The van der Waals surface area contributed by atoms with E-state index in [-0.39, 0.29) is 24.0 Å². The molecule has 0 saturated carbocycles. The Labute approximate surface area is 165 Å². The molecule has 0 aromatic heterocycles. The number of halogens is 1. The van der Waals surface area contributed by atoms with Crippen molar-refractivity contribution in [1.29, 1.82) is 0 Å². The summed E-state index contributed by atoms with van der Waals surface area (Å²) in [6, 6.07) is 9.54. The maximum absolute atomic E-state index is 4.33. The second-order valence-corrected chi connectivity index (χ2v) is 6.88. The number of nitrogens with zero attached hydrogens (tertiary/aromatic N) is 2. The van der Waals surface area contributed by atoms with Crippen LogP contribution in [-0.4, -0.2) is 37.0 Å². The molecule has 0 aliphatic carbocycles. The van der Waals surface area contributed by atoms with Crippen LogP contribution in [0.4, 0.5) is 0 Å². The Bertz CT molecular complexity index is 500. The van der Waals surface area contributed by atoms with E-state index in [9.17, 15) is 0 Å². The smallest absolute Gasteiger partial charge is 0.191 e. The van der Waals surface area contributed by atoms with Gasteiger partial charge < -0.3 is 10.6 Å². The maximum atomic E-state index is 4.33. The Morgan fingerprint density at radius 3 is 2.17 bits per heavy atom. The minimum absolute atomic E-state index is 0. The Balaban J connectivity index is 0.00000529. The molecule has 0 aliphatic rings. The van der Waals surface area contributed by atoms with Crippen molar-refractivity contribution in [2.45, 2.75) is 59.8 Å². The summed E-state index contributed by atoms with van der Waals surface area (Å²) in [5.74, 6) is 1.43. The summed E-state index contributed by atoms with van der Waals surface area (Å²) in [5, 5.41) is 6.88. The van der Waals surface area contributed by atoms with Crippen molar-refractivity contribution < 1.29 is 0 Å². The predicted octanol–water partition coefficient (Wildman–Crippen LogP) is 3.85. The van der Waals surface area contributed by atoms with E-state index in [1.165, 1.54) is 11.1 Å². The molecule has 2 N–H and O–H groups in total. The molecule has 1 unspecified atom stereocenters. The molecule has 0 saturated heterocycles. The van der Waals surface area contributed by atoms with Gasteiger partial charge in [0.1, 0.15) is 0 Å². The molecule has 4 nitrogen and oxygen atoms in total. The van der Waals surface area contributed by atoms with Crippen molar-refractivity contribution in [3.05, 3.63) is 35.4 Å². The zero-order valence-corrected chi connectivity index (χ0v) is 18.6. The van der Waals surface area contributed by atoms with Crippen LogP contribution < -0.4 is 10.6 Å². The number of nitrogens with one attached hydrogen (secondary N) is 2. The zero-order valence-electron chi connectivity index (χ0n) is 16.3. The van der Waals surface area contributed by atoms with E-state index in [1.54, 1.807) is 0 Å². The van der Waals surface area contributed by atoms with Crippen molar-refractivity contribution in [2.75, 3.05) is 14.1 Å². The third-order valence-corrected chi connectivity index (χ3v) is 4.45. The van der Waals surface area contributed by atoms with Gasteiger partial charge >= 0.3 is 0 Å². The molecule has 0 fully saturated rings. The van der Waals surface area contributed by atoms with Gasteiger partial charge in [0.2, 0.25) is 0 Å². The molecule has 1 atom stereocenters. The Morgan fingerprint density at radius 2 is 1.67 bits per heavy atom. The lowest BCUT2D eigenvalue weighted by molar-refractivity contribution is 0.265. The Hall–Kier alpha value is -0.820. The van der Waals surface area contributed by atoms with Crippen LogP contribution in [0.25, 0.3) is 0 Å². The summed E-state index contributed by atoms with van der Waals surface area (Å²) in [7, 11) is 3.99. The average molecular weight is 446 g/mol. The molecular weight excluding hydrogens is 411 g/mol. The zero-order chi connectivity index (χ0) is 17.4. The lowest BCUT2D eigenvalue weighted by Crippen LogP contribution is -2.44. The first-order chi connectivity index (χ1) is 10.8. The highest BCUT2D eigenvalue weighted by Crippen LogP contribution is 2.12. The molecule has 1 aromatic carbocycles. The summed E-state index contributed by atoms with van der Waals surface area (Å²) in [4.78, 5) is 6.68. The molecule has 1 aromatic rings. The van der Waals surface area contributed by atoms with Crippen LogP contribution in [0.15, 0.2) is 29.3 Å². The third-order valence-electron chi connectivity index (χ3n) is 4.45.